The van der Waals surface area contributed by atoms with Gasteiger partial charge in [0.2, 0.25) is 0 Å². The lowest BCUT2D eigenvalue weighted by Crippen LogP contribution is -2.30. The second-order valence-electron chi connectivity index (χ2n) is 6.18. The quantitative estimate of drug-likeness (QED) is 0.911. The highest BCUT2D eigenvalue weighted by Crippen LogP contribution is 2.20. The Labute approximate surface area is 147 Å². The minimum Gasteiger partial charge on any atom is -0.368 e. The van der Waals surface area contributed by atoms with Crippen LogP contribution in [0.25, 0.3) is 0 Å². The van der Waals surface area contributed by atoms with Crippen LogP contribution in [0, 0.1) is 0 Å². The van der Waals surface area contributed by atoms with Crippen LogP contribution >= 0.6 is 0 Å². The van der Waals surface area contributed by atoms with Crippen LogP contribution in [0.3, 0.4) is 0 Å². The summed E-state index contributed by atoms with van der Waals surface area (Å²) < 4.78 is 5.41. The average Bonchev–Trinajstić information content (AvgIpc) is 3.17. The molecule has 130 valence electrons. The predicted octanol–water partition coefficient (Wildman–Crippen LogP) is 3.08. The molecule has 1 unspecified atom stereocenters. The summed E-state index contributed by atoms with van der Waals surface area (Å²) >= 11 is 0. The number of para-hydroxylation sites is 1. The number of hydrogen-bond donors (Lipinski definition) is 1. The molecular formula is C20H22N2O3. The first-order chi connectivity index (χ1) is 12.1. The fourth-order valence-electron chi connectivity index (χ4n) is 2.91. The van der Waals surface area contributed by atoms with Crippen LogP contribution in [-0.4, -0.2) is 36.5 Å². The second-order valence-corrected chi connectivity index (χ2v) is 6.18. The number of ether oxygens (including phenoxy) is 1. The van der Waals surface area contributed by atoms with E-state index in [-0.39, 0.29) is 11.8 Å². The summed E-state index contributed by atoms with van der Waals surface area (Å²) in [5, 5.41) is 2.84. The Balaban J connectivity index is 1.72. The molecule has 25 heavy (non-hydrogen) atoms. The molecule has 1 aliphatic heterocycles. The molecule has 5 nitrogen and oxygen atoms in total. The zero-order valence-electron chi connectivity index (χ0n) is 14.3. The van der Waals surface area contributed by atoms with Gasteiger partial charge < -0.3 is 15.0 Å². The Morgan fingerprint density at radius 2 is 1.84 bits per heavy atom. The van der Waals surface area contributed by atoms with Crippen LogP contribution in [0.15, 0.2) is 54.6 Å². The molecule has 2 aromatic rings. The Hall–Kier alpha value is -2.66. The number of nitrogens with one attached hydrogen (secondary N) is 1. The highest BCUT2D eigenvalue weighted by Gasteiger charge is 2.25. The molecule has 0 radical (unpaired) electrons. The Kier molecular flexibility index (Phi) is 5.46. The van der Waals surface area contributed by atoms with Crippen molar-refractivity contribution in [2.24, 2.45) is 0 Å². The highest BCUT2D eigenvalue weighted by molar-refractivity contribution is 6.04. The van der Waals surface area contributed by atoms with Gasteiger partial charge in [-0.3, -0.25) is 9.59 Å². The third kappa shape index (κ3) is 4.25. The van der Waals surface area contributed by atoms with Gasteiger partial charge in [-0.25, -0.2) is 0 Å². The Morgan fingerprint density at radius 1 is 1.12 bits per heavy atom. The SMILES string of the molecule is CN(Cc1ccccc1)C(=O)c1ccccc1NC(=O)C1CCCO1. The van der Waals surface area contributed by atoms with Gasteiger partial charge in [0.15, 0.2) is 0 Å². The maximum Gasteiger partial charge on any atom is 0.256 e. The summed E-state index contributed by atoms with van der Waals surface area (Å²) in [6.07, 6.45) is 1.18. The van der Waals surface area contributed by atoms with Crippen LogP contribution in [0.1, 0.15) is 28.8 Å². The largest absolute Gasteiger partial charge is 0.368 e. The number of carbonyl (C=O) groups excluding carboxylic acids is 2. The van der Waals surface area contributed by atoms with Gasteiger partial charge in [0.05, 0.1) is 11.3 Å². The molecule has 1 saturated heterocycles. The van der Waals surface area contributed by atoms with Crippen LogP contribution in [0.5, 0.6) is 0 Å². The lowest BCUT2D eigenvalue weighted by molar-refractivity contribution is -0.124. The molecule has 1 heterocycles. The Bertz CT molecular complexity index is 740. The minimum absolute atomic E-state index is 0.132. The maximum absolute atomic E-state index is 12.8. The van der Waals surface area contributed by atoms with Gasteiger partial charge >= 0.3 is 0 Å². The number of anilines is 1. The van der Waals surface area contributed by atoms with E-state index in [1.807, 2.05) is 30.3 Å². The minimum atomic E-state index is -0.426. The first-order valence-corrected chi connectivity index (χ1v) is 8.46. The molecule has 1 aliphatic rings. The standard InChI is InChI=1S/C20H22N2O3/c1-22(14-15-8-3-2-4-9-15)20(24)16-10-5-6-11-17(16)21-19(23)18-12-7-13-25-18/h2-6,8-11,18H,7,12-14H2,1H3,(H,21,23). The summed E-state index contributed by atoms with van der Waals surface area (Å²) in [7, 11) is 1.76. The third-order valence-electron chi connectivity index (χ3n) is 4.25. The number of nitrogens with zero attached hydrogens (tertiary/aromatic N) is 1. The molecular weight excluding hydrogens is 316 g/mol. The Morgan fingerprint density at radius 3 is 2.56 bits per heavy atom. The molecule has 3 rings (SSSR count). The van der Waals surface area contributed by atoms with E-state index in [1.54, 1.807) is 36.2 Å². The number of rotatable bonds is 5. The molecule has 0 aliphatic carbocycles. The number of carbonyl (C=O) groups is 2. The van der Waals surface area contributed by atoms with Gasteiger partial charge in [-0.2, -0.15) is 0 Å². The number of benzene rings is 2. The molecule has 0 bridgehead atoms. The van der Waals surface area contributed by atoms with Gasteiger partial charge in [-0.1, -0.05) is 42.5 Å². The van der Waals surface area contributed by atoms with Crippen molar-refractivity contribution in [3.8, 4) is 0 Å². The fourth-order valence-corrected chi connectivity index (χ4v) is 2.91. The van der Waals surface area contributed by atoms with E-state index < -0.39 is 6.10 Å². The monoisotopic (exact) mass is 338 g/mol. The van der Waals surface area contributed by atoms with E-state index in [9.17, 15) is 9.59 Å². The zero-order chi connectivity index (χ0) is 17.6. The highest BCUT2D eigenvalue weighted by atomic mass is 16.5. The van der Waals surface area contributed by atoms with Crippen LogP contribution in [-0.2, 0) is 16.1 Å². The molecule has 0 saturated carbocycles. The van der Waals surface area contributed by atoms with Gasteiger partial charge in [-0.05, 0) is 30.5 Å². The lowest BCUT2D eigenvalue weighted by Gasteiger charge is -2.20. The topological polar surface area (TPSA) is 58.6 Å². The van der Waals surface area contributed by atoms with Crippen molar-refractivity contribution in [2.45, 2.75) is 25.5 Å². The lowest BCUT2D eigenvalue weighted by atomic mass is 10.1. The summed E-state index contributed by atoms with van der Waals surface area (Å²) in [5.74, 6) is -0.324. The van der Waals surface area contributed by atoms with E-state index in [1.165, 1.54) is 0 Å². The van der Waals surface area contributed by atoms with E-state index >= 15 is 0 Å². The van der Waals surface area contributed by atoms with E-state index in [2.05, 4.69) is 5.32 Å². The van der Waals surface area contributed by atoms with Crippen molar-refractivity contribution >= 4 is 17.5 Å². The van der Waals surface area contributed by atoms with E-state index in [0.717, 1.165) is 18.4 Å². The number of amides is 2. The van der Waals surface area contributed by atoms with Gasteiger partial charge in [-0.15, -0.1) is 0 Å². The maximum atomic E-state index is 12.8. The first kappa shape index (κ1) is 17.2. The smallest absolute Gasteiger partial charge is 0.256 e. The second kappa shape index (κ2) is 7.94. The molecule has 2 aromatic carbocycles. The molecule has 5 heteroatoms. The molecule has 1 fully saturated rings. The normalized spacial score (nSPS) is 16.4. The van der Waals surface area contributed by atoms with Crippen LogP contribution < -0.4 is 5.32 Å². The average molecular weight is 338 g/mol. The van der Waals surface area contributed by atoms with Crippen molar-refractivity contribution in [2.75, 3.05) is 19.0 Å². The summed E-state index contributed by atoms with van der Waals surface area (Å²) in [4.78, 5) is 26.8. The van der Waals surface area contributed by atoms with Crippen molar-refractivity contribution in [1.82, 2.24) is 4.90 Å². The summed E-state index contributed by atoms with van der Waals surface area (Å²) in [5.41, 5.74) is 2.06. The zero-order valence-corrected chi connectivity index (χ0v) is 14.3. The fraction of sp³-hybridized carbons (Fsp3) is 0.300. The summed E-state index contributed by atoms with van der Waals surface area (Å²) in [6, 6.07) is 16.9. The van der Waals surface area contributed by atoms with Gasteiger partial charge in [0, 0.05) is 20.2 Å². The van der Waals surface area contributed by atoms with Crippen molar-refractivity contribution in [3.05, 3.63) is 65.7 Å². The molecule has 2 amide bonds. The van der Waals surface area contributed by atoms with Gasteiger partial charge in [0.1, 0.15) is 6.10 Å². The molecule has 1 N–H and O–H groups in total. The number of hydrogen-bond acceptors (Lipinski definition) is 3. The first-order valence-electron chi connectivity index (χ1n) is 8.46. The predicted molar refractivity (Wildman–Crippen MR) is 96.3 cm³/mol. The molecule has 0 aromatic heterocycles. The van der Waals surface area contributed by atoms with Crippen molar-refractivity contribution in [1.29, 1.82) is 0 Å². The van der Waals surface area contributed by atoms with Crippen molar-refractivity contribution < 1.29 is 14.3 Å². The molecule has 0 spiro atoms. The van der Waals surface area contributed by atoms with Crippen molar-refractivity contribution in [3.63, 3.8) is 0 Å². The van der Waals surface area contributed by atoms with E-state index in [0.29, 0.717) is 24.4 Å². The third-order valence-corrected chi connectivity index (χ3v) is 4.25. The van der Waals surface area contributed by atoms with Gasteiger partial charge in [0.25, 0.3) is 11.8 Å². The van der Waals surface area contributed by atoms with Crippen LogP contribution in [0.2, 0.25) is 0 Å². The molecule has 1 atom stereocenters. The van der Waals surface area contributed by atoms with Crippen LogP contribution in [0.4, 0.5) is 5.69 Å². The summed E-state index contributed by atoms with van der Waals surface area (Å²) in [6.45, 7) is 1.12. The van der Waals surface area contributed by atoms with E-state index in [4.69, 9.17) is 4.74 Å².